The summed E-state index contributed by atoms with van der Waals surface area (Å²) in [6.45, 7) is 4.88. The van der Waals surface area contributed by atoms with Crippen LogP contribution in [-0.4, -0.2) is 29.3 Å². The van der Waals surface area contributed by atoms with Gasteiger partial charge in [0.15, 0.2) is 0 Å². The molecule has 18 heavy (non-hydrogen) atoms. The predicted molar refractivity (Wildman–Crippen MR) is 70.5 cm³/mol. The van der Waals surface area contributed by atoms with E-state index in [1.165, 1.54) is 0 Å². The Morgan fingerprint density at radius 3 is 2.89 bits per heavy atom. The fourth-order valence-corrected chi connectivity index (χ4v) is 2.46. The zero-order chi connectivity index (χ0) is 13.3. The Morgan fingerprint density at radius 1 is 1.50 bits per heavy atom. The number of aryl methyl sites for hydroxylation is 1. The van der Waals surface area contributed by atoms with Crippen LogP contribution in [0, 0.1) is 18.7 Å². The number of halogens is 2. The molecular weight excluding hydrogens is 253 g/mol. The molecule has 2 nitrogen and oxygen atoms in total. The van der Waals surface area contributed by atoms with Crippen molar-refractivity contribution < 1.29 is 9.18 Å². The number of benzene rings is 1. The quantitative estimate of drug-likeness (QED) is 0.717. The van der Waals surface area contributed by atoms with E-state index in [2.05, 4.69) is 0 Å². The maximum absolute atomic E-state index is 13.9. The Balaban J connectivity index is 2.19. The van der Waals surface area contributed by atoms with Gasteiger partial charge in [-0.3, -0.25) is 4.79 Å². The summed E-state index contributed by atoms with van der Waals surface area (Å²) >= 11 is 6.13. The third kappa shape index (κ3) is 2.51. The zero-order valence-corrected chi connectivity index (χ0v) is 11.4. The Bertz CT molecular complexity index is 463. The molecule has 4 heteroatoms. The van der Waals surface area contributed by atoms with Crippen LogP contribution < -0.4 is 0 Å². The highest BCUT2D eigenvalue weighted by Crippen LogP contribution is 2.24. The van der Waals surface area contributed by atoms with Crippen molar-refractivity contribution in [1.29, 1.82) is 0 Å². The Morgan fingerprint density at radius 2 is 2.22 bits per heavy atom. The molecule has 98 valence electrons. The van der Waals surface area contributed by atoms with Crippen LogP contribution in [-0.2, 0) is 0 Å². The Hall–Kier alpha value is -1.09. The lowest BCUT2D eigenvalue weighted by molar-refractivity contribution is 0.0682. The highest BCUT2D eigenvalue weighted by atomic mass is 35.5. The van der Waals surface area contributed by atoms with E-state index >= 15 is 0 Å². The van der Waals surface area contributed by atoms with Gasteiger partial charge in [-0.25, -0.2) is 4.39 Å². The fourth-order valence-electron chi connectivity index (χ4n) is 2.28. The second kappa shape index (κ2) is 5.27. The molecule has 1 aliphatic heterocycles. The van der Waals surface area contributed by atoms with Gasteiger partial charge in [-0.2, -0.15) is 0 Å². The van der Waals surface area contributed by atoms with Gasteiger partial charge in [0.25, 0.3) is 5.91 Å². The smallest absolute Gasteiger partial charge is 0.256 e. The molecule has 0 radical (unpaired) electrons. The van der Waals surface area contributed by atoms with Gasteiger partial charge in [-0.1, -0.05) is 19.1 Å². The molecule has 2 rings (SSSR count). The number of hydrogen-bond donors (Lipinski definition) is 0. The van der Waals surface area contributed by atoms with E-state index < -0.39 is 5.82 Å². The van der Waals surface area contributed by atoms with Crippen molar-refractivity contribution in [2.45, 2.75) is 25.6 Å². The lowest BCUT2D eigenvalue weighted by Crippen LogP contribution is -2.43. The third-order valence-electron chi connectivity index (χ3n) is 3.51. The van der Waals surface area contributed by atoms with E-state index in [0.717, 1.165) is 6.42 Å². The third-order valence-corrected chi connectivity index (χ3v) is 4.16. The number of rotatable bonds is 1. The van der Waals surface area contributed by atoms with Crippen LogP contribution in [0.3, 0.4) is 0 Å². The van der Waals surface area contributed by atoms with E-state index in [1.807, 2.05) is 6.92 Å². The van der Waals surface area contributed by atoms with E-state index in [4.69, 9.17) is 11.6 Å². The number of amides is 1. The largest absolute Gasteiger partial charge is 0.338 e. The topological polar surface area (TPSA) is 20.3 Å². The normalized spacial score (nSPS) is 24.1. The molecule has 1 amide bonds. The highest BCUT2D eigenvalue weighted by molar-refractivity contribution is 6.20. The molecule has 2 atom stereocenters. The number of carbonyl (C=O) groups is 1. The monoisotopic (exact) mass is 269 g/mol. The summed E-state index contributed by atoms with van der Waals surface area (Å²) in [7, 11) is 0. The summed E-state index contributed by atoms with van der Waals surface area (Å²) in [6.07, 6.45) is 0.766. The van der Waals surface area contributed by atoms with Gasteiger partial charge >= 0.3 is 0 Å². The minimum Gasteiger partial charge on any atom is -0.338 e. The molecule has 0 N–H and O–H groups in total. The van der Waals surface area contributed by atoms with Gasteiger partial charge in [-0.05, 0) is 30.9 Å². The first kappa shape index (κ1) is 13.3. The number of likely N-dealkylation sites (tertiary alicyclic amines) is 1. The van der Waals surface area contributed by atoms with Gasteiger partial charge in [0.2, 0.25) is 0 Å². The van der Waals surface area contributed by atoms with Crippen molar-refractivity contribution in [2.24, 2.45) is 5.92 Å². The summed E-state index contributed by atoms with van der Waals surface area (Å²) in [6, 6.07) is 4.92. The molecule has 1 aromatic carbocycles. The minimum absolute atomic E-state index is 0.108. The number of hydrogen-bond acceptors (Lipinski definition) is 1. The van der Waals surface area contributed by atoms with Crippen LogP contribution >= 0.6 is 11.6 Å². The summed E-state index contributed by atoms with van der Waals surface area (Å²) in [5.41, 5.74) is 0.663. The van der Waals surface area contributed by atoms with Crippen LogP contribution in [0.4, 0.5) is 4.39 Å². The number of alkyl halides is 1. The summed E-state index contributed by atoms with van der Waals surface area (Å²) in [5, 5.41) is 0.108. The molecule has 0 saturated carbocycles. The Kier molecular flexibility index (Phi) is 3.91. The molecule has 0 aromatic heterocycles. The standard InChI is InChI=1S/C14H17ClFNO/c1-9-4-3-5-11(13(9)16)14(18)17-7-6-12(15)10(2)8-17/h3-5,10,12H,6-8H2,1-2H3. The average Bonchev–Trinajstić information content (AvgIpc) is 2.35. The molecule has 1 heterocycles. The van der Waals surface area contributed by atoms with Gasteiger partial charge in [-0.15, -0.1) is 11.6 Å². The summed E-state index contributed by atoms with van der Waals surface area (Å²) in [4.78, 5) is 14.0. The van der Waals surface area contributed by atoms with E-state index in [9.17, 15) is 9.18 Å². The van der Waals surface area contributed by atoms with Crippen LogP contribution in [0.15, 0.2) is 18.2 Å². The maximum Gasteiger partial charge on any atom is 0.256 e. The SMILES string of the molecule is Cc1cccc(C(=O)N2CCC(Cl)C(C)C2)c1F. The van der Waals surface area contributed by atoms with Crippen molar-refractivity contribution in [2.75, 3.05) is 13.1 Å². The zero-order valence-electron chi connectivity index (χ0n) is 10.6. The molecule has 0 bridgehead atoms. The van der Waals surface area contributed by atoms with Crippen LogP contribution in [0.5, 0.6) is 0 Å². The first-order valence-corrected chi connectivity index (χ1v) is 6.63. The van der Waals surface area contributed by atoms with E-state index in [1.54, 1.807) is 30.0 Å². The molecule has 1 saturated heterocycles. The van der Waals surface area contributed by atoms with E-state index in [0.29, 0.717) is 18.7 Å². The van der Waals surface area contributed by atoms with Gasteiger partial charge in [0.1, 0.15) is 5.82 Å². The number of carbonyl (C=O) groups excluding carboxylic acids is 1. The fraction of sp³-hybridized carbons (Fsp3) is 0.500. The maximum atomic E-state index is 13.9. The van der Waals surface area contributed by atoms with Gasteiger partial charge < -0.3 is 4.90 Å². The van der Waals surface area contributed by atoms with Crippen LogP contribution in [0.1, 0.15) is 29.3 Å². The van der Waals surface area contributed by atoms with Crippen LogP contribution in [0.2, 0.25) is 0 Å². The second-order valence-electron chi connectivity index (χ2n) is 4.97. The molecule has 0 aliphatic carbocycles. The molecule has 0 spiro atoms. The van der Waals surface area contributed by atoms with Crippen molar-refractivity contribution >= 4 is 17.5 Å². The van der Waals surface area contributed by atoms with Crippen molar-refractivity contribution in [1.82, 2.24) is 4.90 Å². The molecule has 1 aliphatic rings. The first-order valence-electron chi connectivity index (χ1n) is 6.19. The number of nitrogens with zero attached hydrogens (tertiary/aromatic N) is 1. The predicted octanol–water partition coefficient (Wildman–Crippen LogP) is 3.22. The lowest BCUT2D eigenvalue weighted by Gasteiger charge is -2.34. The number of piperidine rings is 1. The minimum atomic E-state index is -0.414. The lowest BCUT2D eigenvalue weighted by atomic mass is 9.98. The van der Waals surface area contributed by atoms with Crippen molar-refractivity contribution in [3.05, 3.63) is 35.1 Å². The van der Waals surface area contributed by atoms with Crippen molar-refractivity contribution in [3.63, 3.8) is 0 Å². The molecular formula is C14H17ClFNO. The molecule has 2 unspecified atom stereocenters. The second-order valence-corrected chi connectivity index (χ2v) is 5.53. The van der Waals surface area contributed by atoms with Gasteiger partial charge in [0, 0.05) is 18.5 Å². The van der Waals surface area contributed by atoms with Crippen LogP contribution in [0.25, 0.3) is 0 Å². The van der Waals surface area contributed by atoms with E-state index in [-0.39, 0.29) is 22.8 Å². The van der Waals surface area contributed by atoms with Crippen molar-refractivity contribution in [3.8, 4) is 0 Å². The summed E-state index contributed by atoms with van der Waals surface area (Å²) < 4.78 is 13.9. The summed E-state index contributed by atoms with van der Waals surface area (Å²) in [5.74, 6) is -0.396. The Labute approximate surface area is 112 Å². The van der Waals surface area contributed by atoms with Gasteiger partial charge in [0.05, 0.1) is 5.56 Å². The highest BCUT2D eigenvalue weighted by Gasteiger charge is 2.29. The molecule has 1 fully saturated rings. The molecule has 1 aromatic rings. The average molecular weight is 270 g/mol. The first-order chi connectivity index (χ1) is 8.50.